The molecule has 0 atom stereocenters. The molecule has 2 amide bonds. The second kappa shape index (κ2) is 7.79. The number of benzene rings is 1. The maximum Gasteiger partial charge on any atom is 0.256 e. The van der Waals surface area contributed by atoms with Gasteiger partial charge in [0, 0.05) is 50.7 Å². The van der Waals surface area contributed by atoms with E-state index < -0.39 is 0 Å². The molecule has 2 heterocycles. The van der Waals surface area contributed by atoms with E-state index in [-0.39, 0.29) is 11.8 Å². The molecule has 1 aliphatic heterocycles. The van der Waals surface area contributed by atoms with Crippen LogP contribution in [-0.2, 0) is 4.79 Å². The number of nitrogens with one attached hydrogen (secondary N) is 1. The van der Waals surface area contributed by atoms with E-state index in [0.29, 0.717) is 30.8 Å². The Bertz CT molecular complexity index is 740. The lowest BCUT2D eigenvalue weighted by atomic mass is 10.1. The molecule has 6 nitrogen and oxygen atoms in total. The third-order valence-corrected chi connectivity index (χ3v) is 4.35. The zero-order chi connectivity index (χ0) is 17.6. The highest BCUT2D eigenvalue weighted by Gasteiger charge is 2.24. The standard InChI is InChI=1S/C19H22N4O2/c1-2-18(24)21-17-6-4-3-5-16(17)19(25)23-13-11-22(12-14-23)15-7-9-20-10-8-15/h3-10H,2,11-14H2,1H3,(H,21,24). The van der Waals surface area contributed by atoms with E-state index in [0.717, 1.165) is 18.8 Å². The van der Waals surface area contributed by atoms with Gasteiger partial charge >= 0.3 is 0 Å². The highest BCUT2D eigenvalue weighted by molar-refractivity contribution is 6.03. The Morgan fingerprint density at radius 3 is 2.40 bits per heavy atom. The topological polar surface area (TPSA) is 65.5 Å². The largest absolute Gasteiger partial charge is 0.368 e. The number of hydrogen-bond acceptors (Lipinski definition) is 4. The van der Waals surface area contributed by atoms with Crippen molar-refractivity contribution in [2.45, 2.75) is 13.3 Å². The molecule has 0 saturated carbocycles. The second-order valence-corrected chi connectivity index (χ2v) is 5.93. The highest BCUT2D eigenvalue weighted by Crippen LogP contribution is 2.20. The average molecular weight is 338 g/mol. The van der Waals surface area contributed by atoms with Crippen LogP contribution < -0.4 is 10.2 Å². The van der Waals surface area contributed by atoms with Crippen LogP contribution in [0.2, 0.25) is 0 Å². The van der Waals surface area contributed by atoms with Gasteiger partial charge in [-0.05, 0) is 24.3 Å². The Labute approximate surface area is 147 Å². The van der Waals surface area contributed by atoms with Crippen LogP contribution in [0.5, 0.6) is 0 Å². The number of pyridine rings is 1. The summed E-state index contributed by atoms with van der Waals surface area (Å²) in [5.74, 6) is -0.135. The smallest absolute Gasteiger partial charge is 0.256 e. The molecule has 1 fully saturated rings. The van der Waals surface area contributed by atoms with Gasteiger partial charge in [0.15, 0.2) is 0 Å². The lowest BCUT2D eigenvalue weighted by molar-refractivity contribution is -0.115. The molecule has 1 N–H and O–H groups in total. The number of anilines is 2. The number of carbonyl (C=O) groups excluding carboxylic acids is 2. The van der Waals surface area contributed by atoms with Crippen molar-refractivity contribution >= 4 is 23.2 Å². The first-order valence-electron chi connectivity index (χ1n) is 8.52. The van der Waals surface area contributed by atoms with Crippen LogP contribution in [0, 0.1) is 0 Å². The molecule has 0 spiro atoms. The van der Waals surface area contributed by atoms with Gasteiger partial charge in [0.1, 0.15) is 0 Å². The van der Waals surface area contributed by atoms with Crippen LogP contribution in [-0.4, -0.2) is 47.9 Å². The van der Waals surface area contributed by atoms with Gasteiger partial charge in [0.05, 0.1) is 11.3 Å². The predicted molar refractivity (Wildman–Crippen MR) is 97.7 cm³/mol. The molecule has 1 aromatic heterocycles. The molecule has 0 bridgehead atoms. The van der Waals surface area contributed by atoms with Gasteiger partial charge in [-0.2, -0.15) is 0 Å². The molecule has 1 aromatic carbocycles. The van der Waals surface area contributed by atoms with Gasteiger partial charge in [-0.25, -0.2) is 0 Å². The van der Waals surface area contributed by atoms with E-state index in [4.69, 9.17) is 0 Å². The number of hydrogen-bond donors (Lipinski definition) is 1. The van der Waals surface area contributed by atoms with Crippen molar-refractivity contribution in [3.63, 3.8) is 0 Å². The second-order valence-electron chi connectivity index (χ2n) is 5.93. The molecule has 1 aliphatic rings. The molecule has 6 heteroatoms. The Kier molecular flexibility index (Phi) is 5.28. The van der Waals surface area contributed by atoms with E-state index in [1.165, 1.54) is 0 Å². The fourth-order valence-corrected chi connectivity index (χ4v) is 2.91. The first-order valence-corrected chi connectivity index (χ1v) is 8.52. The Hall–Kier alpha value is -2.89. The van der Waals surface area contributed by atoms with E-state index >= 15 is 0 Å². The van der Waals surface area contributed by atoms with Crippen molar-refractivity contribution in [2.24, 2.45) is 0 Å². The predicted octanol–water partition coefficient (Wildman–Crippen LogP) is 2.39. The van der Waals surface area contributed by atoms with Crippen LogP contribution >= 0.6 is 0 Å². The molecule has 130 valence electrons. The summed E-state index contributed by atoms with van der Waals surface area (Å²) in [4.78, 5) is 32.7. The normalized spacial score (nSPS) is 14.3. The monoisotopic (exact) mass is 338 g/mol. The molecule has 25 heavy (non-hydrogen) atoms. The Balaban J connectivity index is 1.68. The van der Waals surface area contributed by atoms with Crippen molar-refractivity contribution in [3.8, 4) is 0 Å². The summed E-state index contributed by atoms with van der Waals surface area (Å²) in [5, 5.41) is 2.81. The summed E-state index contributed by atoms with van der Waals surface area (Å²) < 4.78 is 0. The minimum atomic E-state index is -0.0947. The number of amides is 2. The minimum Gasteiger partial charge on any atom is -0.368 e. The third-order valence-electron chi connectivity index (χ3n) is 4.35. The number of piperazine rings is 1. The molecule has 2 aromatic rings. The fourth-order valence-electron chi connectivity index (χ4n) is 2.91. The molecule has 1 saturated heterocycles. The Morgan fingerprint density at radius 1 is 1.04 bits per heavy atom. The van der Waals surface area contributed by atoms with Crippen LogP contribution in [0.25, 0.3) is 0 Å². The first-order chi connectivity index (χ1) is 12.2. The average Bonchev–Trinajstić information content (AvgIpc) is 2.68. The quantitative estimate of drug-likeness (QED) is 0.930. The van der Waals surface area contributed by atoms with Crippen molar-refractivity contribution < 1.29 is 9.59 Å². The van der Waals surface area contributed by atoms with Gasteiger partial charge in [0.2, 0.25) is 5.91 Å². The van der Waals surface area contributed by atoms with Gasteiger partial charge in [0.25, 0.3) is 5.91 Å². The van der Waals surface area contributed by atoms with E-state index in [1.807, 2.05) is 29.2 Å². The van der Waals surface area contributed by atoms with Crippen LogP contribution in [0.3, 0.4) is 0 Å². The van der Waals surface area contributed by atoms with Crippen LogP contribution in [0.4, 0.5) is 11.4 Å². The SMILES string of the molecule is CCC(=O)Nc1ccccc1C(=O)N1CCN(c2ccncc2)CC1. The summed E-state index contributed by atoms with van der Waals surface area (Å²) in [6.07, 6.45) is 3.94. The molecular weight excluding hydrogens is 316 g/mol. The highest BCUT2D eigenvalue weighted by atomic mass is 16.2. The van der Waals surface area contributed by atoms with Crippen molar-refractivity contribution in [1.82, 2.24) is 9.88 Å². The molecular formula is C19H22N4O2. The third kappa shape index (κ3) is 3.96. The lowest BCUT2D eigenvalue weighted by Crippen LogP contribution is -2.49. The number of carbonyl (C=O) groups is 2. The number of aromatic nitrogens is 1. The number of rotatable bonds is 4. The van der Waals surface area contributed by atoms with E-state index in [1.54, 1.807) is 31.5 Å². The summed E-state index contributed by atoms with van der Waals surface area (Å²) in [5.41, 5.74) is 2.25. The summed E-state index contributed by atoms with van der Waals surface area (Å²) in [7, 11) is 0. The Morgan fingerprint density at radius 2 is 1.72 bits per heavy atom. The number of para-hydroxylation sites is 1. The maximum absolute atomic E-state index is 12.9. The van der Waals surface area contributed by atoms with Gasteiger partial charge in [-0.1, -0.05) is 19.1 Å². The maximum atomic E-state index is 12.9. The fraction of sp³-hybridized carbons (Fsp3) is 0.316. The molecule has 0 radical (unpaired) electrons. The van der Waals surface area contributed by atoms with Crippen LogP contribution in [0.15, 0.2) is 48.8 Å². The first kappa shape index (κ1) is 17.0. The van der Waals surface area contributed by atoms with Gasteiger partial charge in [-0.15, -0.1) is 0 Å². The summed E-state index contributed by atoms with van der Waals surface area (Å²) >= 11 is 0. The lowest BCUT2D eigenvalue weighted by Gasteiger charge is -2.36. The molecule has 0 unspecified atom stereocenters. The van der Waals surface area contributed by atoms with Crippen molar-refractivity contribution in [1.29, 1.82) is 0 Å². The van der Waals surface area contributed by atoms with Crippen molar-refractivity contribution in [2.75, 3.05) is 36.4 Å². The van der Waals surface area contributed by atoms with Crippen LogP contribution in [0.1, 0.15) is 23.7 Å². The van der Waals surface area contributed by atoms with E-state index in [2.05, 4.69) is 15.2 Å². The molecule has 3 rings (SSSR count). The zero-order valence-electron chi connectivity index (χ0n) is 14.3. The summed E-state index contributed by atoms with van der Waals surface area (Å²) in [6.45, 7) is 4.64. The van der Waals surface area contributed by atoms with Crippen molar-refractivity contribution in [3.05, 3.63) is 54.4 Å². The summed E-state index contributed by atoms with van der Waals surface area (Å²) in [6, 6.07) is 11.1. The minimum absolute atomic E-state index is 0.0404. The van der Waals surface area contributed by atoms with E-state index in [9.17, 15) is 9.59 Å². The van der Waals surface area contributed by atoms with Gasteiger partial charge in [-0.3, -0.25) is 14.6 Å². The number of nitrogens with zero attached hydrogens (tertiary/aromatic N) is 3. The van der Waals surface area contributed by atoms with Gasteiger partial charge < -0.3 is 15.1 Å². The zero-order valence-corrected chi connectivity index (χ0v) is 14.3. The molecule has 0 aliphatic carbocycles.